The molecule has 0 aromatic carbocycles. The molecule has 1 aromatic rings. The van der Waals surface area contributed by atoms with E-state index >= 15 is 0 Å². The maximum atomic E-state index is 13.0. The molecule has 1 fully saturated rings. The zero-order valence-electron chi connectivity index (χ0n) is 7.14. The third-order valence-corrected chi connectivity index (χ3v) is 2.71. The highest BCUT2D eigenvalue weighted by Crippen LogP contribution is 2.19. The number of aliphatic hydroxyl groups excluding tert-OH is 1. The monoisotopic (exact) mass is 217 g/mol. The van der Waals surface area contributed by atoms with Crippen LogP contribution in [0, 0.1) is 5.82 Å². The van der Waals surface area contributed by atoms with Crippen LogP contribution in [0.2, 0.25) is 0 Å². The highest BCUT2D eigenvalue weighted by Gasteiger charge is 2.29. The number of hydrogen-bond donors (Lipinski definition) is 1. The normalized spacial score (nSPS) is 21.6. The second-order valence-corrected chi connectivity index (χ2v) is 3.83. The number of β-amino-alcohol motifs (C(OH)–C–C–N with tert-alkyl or cyclic N) is 1. The maximum Gasteiger partial charge on any atom is 0.290 e. The molecule has 1 saturated heterocycles. The predicted octanol–water partition coefficient (Wildman–Crippen LogP) is 0.636. The average Bonchev–Trinajstić information content (AvgIpc) is 2.73. The summed E-state index contributed by atoms with van der Waals surface area (Å²) in [7, 11) is 0. The number of thiophene rings is 1. The fraction of sp³-hybridized carbons (Fsp3) is 0.375. The molecule has 2 heterocycles. The molecule has 2 rings (SSSR count). The number of hydroxylamine groups is 2. The second kappa shape index (κ2) is 3.64. The molecule has 1 amide bonds. The number of carbonyl (C=O) groups is 1. The van der Waals surface area contributed by atoms with E-state index in [4.69, 9.17) is 9.94 Å². The van der Waals surface area contributed by atoms with Crippen LogP contribution in [-0.4, -0.2) is 35.3 Å². The van der Waals surface area contributed by atoms with E-state index < -0.39 is 17.8 Å². The highest BCUT2D eigenvalue weighted by atomic mass is 32.1. The van der Waals surface area contributed by atoms with Crippen molar-refractivity contribution in [2.75, 3.05) is 13.2 Å². The van der Waals surface area contributed by atoms with Gasteiger partial charge in [-0.05, 0) is 11.4 Å². The van der Waals surface area contributed by atoms with Gasteiger partial charge in [0.1, 0.15) is 23.4 Å². The van der Waals surface area contributed by atoms with Crippen LogP contribution in [0.25, 0.3) is 0 Å². The van der Waals surface area contributed by atoms with Crippen molar-refractivity contribution < 1.29 is 19.1 Å². The Kier molecular flexibility index (Phi) is 2.49. The van der Waals surface area contributed by atoms with Gasteiger partial charge in [-0.3, -0.25) is 9.63 Å². The molecule has 0 saturated carbocycles. The standard InChI is InChI=1S/C8H8FNO3S/c9-6-1-2-14-7(6)8(12)10-3-5(11)4-13-10/h1-2,5,11H,3-4H2/t5-/m1/s1. The number of rotatable bonds is 1. The van der Waals surface area contributed by atoms with Gasteiger partial charge in [0.2, 0.25) is 0 Å². The van der Waals surface area contributed by atoms with Gasteiger partial charge in [0.15, 0.2) is 0 Å². The number of hydrogen-bond acceptors (Lipinski definition) is 4. The Hall–Kier alpha value is -0.980. The van der Waals surface area contributed by atoms with Crippen molar-refractivity contribution in [3.8, 4) is 0 Å². The Balaban J connectivity index is 2.13. The Morgan fingerprint density at radius 2 is 2.57 bits per heavy atom. The molecule has 0 unspecified atom stereocenters. The van der Waals surface area contributed by atoms with Gasteiger partial charge in [-0.2, -0.15) is 0 Å². The van der Waals surface area contributed by atoms with E-state index in [0.717, 1.165) is 16.4 Å². The minimum atomic E-state index is -0.679. The van der Waals surface area contributed by atoms with Gasteiger partial charge in [-0.15, -0.1) is 11.3 Å². The molecular formula is C8H8FNO3S. The minimum Gasteiger partial charge on any atom is -0.389 e. The third-order valence-electron chi connectivity index (χ3n) is 1.84. The molecule has 76 valence electrons. The summed E-state index contributed by atoms with van der Waals surface area (Å²) in [6, 6.07) is 1.23. The summed E-state index contributed by atoms with van der Waals surface area (Å²) in [5.74, 6) is -1.08. The molecule has 0 spiro atoms. The third kappa shape index (κ3) is 1.63. The van der Waals surface area contributed by atoms with E-state index in [-0.39, 0.29) is 18.0 Å². The lowest BCUT2D eigenvalue weighted by molar-refractivity contribution is -0.0778. The first-order valence-corrected chi connectivity index (χ1v) is 4.92. The first-order valence-electron chi connectivity index (χ1n) is 4.04. The largest absolute Gasteiger partial charge is 0.389 e. The summed E-state index contributed by atoms with van der Waals surface area (Å²) in [5, 5.41) is 11.6. The van der Waals surface area contributed by atoms with Crippen LogP contribution in [-0.2, 0) is 4.84 Å². The quantitative estimate of drug-likeness (QED) is 0.750. The number of halogens is 1. The van der Waals surface area contributed by atoms with E-state index in [2.05, 4.69) is 0 Å². The van der Waals surface area contributed by atoms with Crippen LogP contribution in [0.1, 0.15) is 9.67 Å². The Morgan fingerprint density at radius 1 is 1.79 bits per heavy atom. The molecule has 4 nitrogen and oxygen atoms in total. The molecule has 1 aromatic heterocycles. The molecule has 1 atom stereocenters. The van der Waals surface area contributed by atoms with Crippen molar-refractivity contribution in [3.63, 3.8) is 0 Å². The van der Waals surface area contributed by atoms with Gasteiger partial charge in [0, 0.05) is 0 Å². The topological polar surface area (TPSA) is 49.8 Å². The molecule has 14 heavy (non-hydrogen) atoms. The van der Waals surface area contributed by atoms with Gasteiger partial charge in [-0.25, -0.2) is 9.45 Å². The van der Waals surface area contributed by atoms with Crippen LogP contribution in [0.4, 0.5) is 4.39 Å². The molecule has 0 bridgehead atoms. The minimum absolute atomic E-state index is 0.0131. The lowest BCUT2D eigenvalue weighted by atomic mass is 10.3. The van der Waals surface area contributed by atoms with Crippen LogP contribution in [0.5, 0.6) is 0 Å². The summed E-state index contributed by atoms with van der Waals surface area (Å²) in [6.45, 7) is 0.176. The van der Waals surface area contributed by atoms with E-state index in [1.54, 1.807) is 0 Å². The SMILES string of the molecule is O=C(c1sccc1F)N1C[C@@H](O)CO1. The molecule has 1 N–H and O–H groups in total. The van der Waals surface area contributed by atoms with Gasteiger partial charge in [0.05, 0.1) is 6.54 Å². The van der Waals surface area contributed by atoms with Crippen molar-refractivity contribution >= 4 is 17.2 Å². The molecular weight excluding hydrogens is 209 g/mol. The number of carbonyl (C=O) groups excluding carboxylic acids is 1. The zero-order chi connectivity index (χ0) is 10.1. The average molecular weight is 217 g/mol. The molecule has 6 heteroatoms. The van der Waals surface area contributed by atoms with Crippen LogP contribution < -0.4 is 0 Å². The van der Waals surface area contributed by atoms with E-state index in [1.165, 1.54) is 11.4 Å². The zero-order valence-corrected chi connectivity index (χ0v) is 7.96. The van der Waals surface area contributed by atoms with Crippen molar-refractivity contribution in [3.05, 3.63) is 22.1 Å². The van der Waals surface area contributed by atoms with Crippen molar-refractivity contribution in [1.29, 1.82) is 0 Å². The van der Waals surface area contributed by atoms with E-state index in [9.17, 15) is 9.18 Å². The summed E-state index contributed by atoms with van der Waals surface area (Å²) >= 11 is 1.02. The first-order chi connectivity index (χ1) is 6.68. The van der Waals surface area contributed by atoms with Crippen molar-refractivity contribution in [2.24, 2.45) is 0 Å². The molecule has 1 aliphatic rings. The lowest BCUT2D eigenvalue weighted by Crippen LogP contribution is -2.28. The number of nitrogens with zero attached hydrogens (tertiary/aromatic N) is 1. The summed E-state index contributed by atoms with van der Waals surface area (Å²) in [4.78, 5) is 16.4. The first kappa shape index (κ1) is 9.57. The lowest BCUT2D eigenvalue weighted by Gasteiger charge is -2.11. The fourth-order valence-electron chi connectivity index (χ4n) is 1.17. The molecule has 1 aliphatic heterocycles. The van der Waals surface area contributed by atoms with Gasteiger partial charge in [-0.1, -0.05) is 0 Å². The smallest absolute Gasteiger partial charge is 0.290 e. The fourth-order valence-corrected chi connectivity index (χ4v) is 1.88. The van der Waals surface area contributed by atoms with Crippen LogP contribution in [0.3, 0.4) is 0 Å². The summed E-state index contributed by atoms with van der Waals surface area (Å²) < 4.78 is 13.0. The Morgan fingerprint density at radius 3 is 3.07 bits per heavy atom. The number of amides is 1. The summed E-state index contributed by atoms with van der Waals surface area (Å²) in [6.07, 6.45) is -0.679. The Labute approximate surface area is 83.5 Å². The van der Waals surface area contributed by atoms with Gasteiger partial charge < -0.3 is 5.11 Å². The number of aliphatic hydroxyl groups is 1. The van der Waals surface area contributed by atoms with Crippen LogP contribution in [0.15, 0.2) is 11.4 Å². The van der Waals surface area contributed by atoms with E-state index in [0.29, 0.717) is 0 Å². The van der Waals surface area contributed by atoms with Crippen LogP contribution >= 0.6 is 11.3 Å². The predicted molar refractivity (Wildman–Crippen MR) is 47.3 cm³/mol. The maximum absolute atomic E-state index is 13.0. The van der Waals surface area contributed by atoms with E-state index in [1.807, 2.05) is 0 Å². The van der Waals surface area contributed by atoms with Crippen molar-refractivity contribution in [2.45, 2.75) is 6.10 Å². The Bertz CT molecular complexity index is 354. The van der Waals surface area contributed by atoms with Crippen molar-refractivity contribution in [1.82, 2.24) is 5.06 Å². The summed E-state index contributed by atoms with van der Waals surface area (Å²) in [5.41, 5.74) is 0. The van der Waals surface area contributed by atoms with Gasteiger partial charge >= 0.3 is 0 Å². The van der Waals surface area contributed by atoms with Gasteiger partial charge in [0.25, 0.3) is 5.91 Å². The highest BCUT2D eigenvalue weighted by molar-refractivity contribution is 7.12. The second-order valence-electron chi connectivity index (χ2n) is 2.91. The molecule has 0 radical (unpaired) electrons. The molecule has 0 aliphatic carbocycles.